The Kier molecular flexibility index (Phi) is 9.83. The lowest BCUT2D eigenvalue weighted by atomic mass is 9.96. The highest BCUT2D eigenvalue weighted by molar-refractivity contribution is 5.73. The Balaban J connectivity index is 0.000000517. The lowest BCUT2D eigenvalue weighted by molar-refractivity contribution is -0.192. The van der Waals surface area contributed by atoms with Gasteiger partial charge in [0, 0.05) is 18.7 Å². The van der Waals surface area contributed by atoms with Gasteiger partial charge in [0.2, 0.25) is 5.95 Å². The van der Waals surface area contributed by atoms with Gasteiger partial charge in [0.05, 0.1) is 23.8 Å². The van der Waals surface area contributed by atoms with E-state index in [-0.39, 0.29) is 13.0 Å². The van der Waals surface area contributed by atoms with Crippen molar-refractivity contribution in [3.05, 3.63) is 47.4 Å². The summed E-state index contributed by atoms with van der Waals surface area (Å²) >= 11 is 0. The molecule has 42 heavy (non-hydrogen) atoms. The number of aryl methyl sites for hydroxylation is 1. The lowest BCUT2D eigenvalue weighted by Gasteiger charge is -2.34. The van der Waals surface area contributed by atoms with Crippen LogP contribution in [0.3, 0.4) is 0 Å². The van der Waals surface area contributed by atoms with Gasteiger partial charge < -0.3 is 15.3 Å². The van der Waals surface area contributed by atoms with E-state index in [1.807, 2.05) is 30.3 Å². The third kappa shape index (κ3) is 8.06. The number of hydrogen-bond acceptors (Lipinski definition) is 8. The van der Waals surface area contributed by atoms with Crippen LogP contribution in [0.15, 0.2) is 30.3 Å². The second-order valence-corrected chi connectivity index (χ2v) is 10.0. The molecule has 2 N–H and O–H groups in total. The third-order valence-electron chi connectivity index (χ3n) is 7.03. The molecule has 0 saturated carbocycles. The lowest BCUT2D eigenvalue weighted by Crippen LogP contribution is -2.42. The smallest absolute Gasteiger partial charge is 0.475 e. The van der Waals surface area contributed by atoms with Crippen LogP contribution >= 0.6 is 0 Å². The molecule has 0 radical (unpaired) electrons. The average Bonchev–Trinajstić information content (AvgIpc) is 3.41. The van der Waals surface area contributed by atoms with E-state index in [1.54, 1.807) is 9.58 Å². The van der Waals surface area contributed by atoms with Crippen LogP contribution in [0.1, 0.15) is 55.6 Å². The van der Waals surface area contributed by atoms with E-state index >= 15 is 0 Å². The van der Waals surface area contributed by atoms with Crippen LogP contribution in [0.2, 0.25) is 0 Å². The molecule has 1 fully saturated rings. The van der Waals surface area contributed by atoms with Crippen molar-refractivity contribution < 1.29 is 36.2 Å². The molecule has 0 unspecified atom stereocenters. The van der Waals surface area contributed by atoms with Crippen molar-refractivity contribution in [3.8, 4) is 5.69 Å². The second-order valence-electron chi connectivity index (χ2n) is 10.0. The van der Waals surface area contributed by atoms with E-state index in [4.69, 9.17) is 19.9 Å². The van der Waals surface area contributed by atoms with E-state index in [9.17, 15) is 26.3 Å². The summed E-state index contributed by atoms with van der Waals surface area (Å²) in [7, 11) is 0. The fraction of sp³-hybridized carbons (Fsp3) is 0.538. The van der Waals surface area contributed by atoms with Crippen molar-refractivity contribution in [1.29, 1.82) is 0 Å². The molecule has 10 nitrogen and oxygen atoms in total. The van der Waals surface area contributed by atoms with Crippen LogP contribution in [-0.2, 0) is 24.2 Å². The van der Waals surface area contributed by atoms with Crippen molar-refractivity contribution >= 4 is 17.7 Å². The van der Waals surface area contributed by atoms with Gasteiger partial charge in [-0.15, -0.1) is 5.10 Å². The van der Waals surface area contributed by atoms with E-state index in [1.165, 1.54) is 0 Å². The summed E-state index contributed by atoms with van der Waals surface area (Å²) in [6.45, 7) is 0.751. The Morgan fingerprint density at radius 2 is 1.67 bits per heavy atom. The van der Waals surface area contributed by atoms with Gasteiger partial charge in [0.25, 0.3) is 0 Å². The van der Waals surface area contributed by atoms with E-state index in [0.29, 0.717) is 37.1 Å². The summed E-state index contributed by atoms with van der Waals surface area (Å²) < 4.78 is 73.7. The van der Waals surface area contributed by atoms with Gasteiger partial charge in [-0.3, -0.25) is 0 Å². The van der Waals surface area contributed by atoms with E-state index < -0.39 is 24.2 Å². The maximum Gasteiger partial charge on any atom is 0.490 e. The van der Waals surface area contributed by atoms with Crippen molar-refractivity contribution in [1.82, 2.24) is 30.2 Å². The number of anilines is 2. The van der Waals surface area contributed by atoms with Gasteiger partial charge >= 0.3 is 18.3 Å². The Hall–Kier alpha value is -3.98. The predicted octanol–water partition coefficient (Wildman–Crippen LogP) is 5.14. The zero-order valence-electron chi connectivity index (χ0n) is 22.5. The number of alkyl halides is 6. The number of piperidine rings is 1. The first-order valence-electron chi connectivity index (χ1n) is 13.5. The molecule has 228 valence electrons. The summed E-state index contributed by atoms with van der Waals surface area (Å²) in [5.41, 5.74) is 2.84. The molecule has 0 spiro atoms. The summed E-state index contributed by atoms with van der Waals surface area (Å²) in [4.78, 5) is 20.1. The number of hydrogen-bond donors (Lipinski definition) is 2. The average molecular weight is 601 g/mol. The zero-order valence-corrected chi connectivity index (χ0v) is 22.5. The van der Waals surface area contributed by atoms with Gasteiger partial charge in [-0.05, 0) is 61.1 Å². The molecule has 5 rings (SSSR count). The minimum absolute atomic E-state index is 0.103. The predicted molar refractivity (Wildman–Crippen MR) is 139 cm³/mol. The number of carbonyl (C=O) groups is 1. The zero-order chi connectivity index (χ0) is 30.3. The number of tetrazole rings is 1. The third-order valence-corrected chi connectivity index (χ3v) is 7.03. The monoisotopic (exact) mass is 600 g/mol. The Morgan fingerprint density at radius 3 is 2.33 bits per heavy atom. The first kappa shape index (κ1) is 31.0. The Labute approximate surface area is 237 Å². The topological polar surface area (TPSA) is 122 Å². The molecular weight excluding hydrogens is 570 g/mol. The fourth-order valence-corrected chi connectivity index (χ4v) is 4.90. The molecule has 0 bridgehead atoms. The maximum atomic E-state index is 13.4. The molecule has 16 heteroatoms. The number of nitrogens with one attached hydrogen (secondary N) is 1. The standard InChI is InChI=1S/C24H29F3N8.C2HF3O2/c25-24(26,27)17-9-8-14-34(16-17)23-29-20-13-7-2-1-6-12-19(20)22(30-23)28-15-21-31-32-33-35(21)18-10-4-3-5-11-18;3-2(4,5)1(6)7/h3-5,10-11,17H,1-2,6-9,12-16H2,(H,28,29,30);(H,6,7)/t17-;/m1./s1. The number of benzene rings is 1. The Morgan fingerprint density at radius 1 is 0.976 bits per heavy atom. The molecule has 1 aliphatic heterocycles. The number of para-hydroxylation sites is 1. The summed E-state index contributed by atoms with van der Waals surface area (Å²) in [5, 5.41) is 22.6. The Bertz CT molecular complexity index is 1330. The van der Waals surface area contributed by atoms with Crippen LogP contribution < -0.4 is 10.2 Å². The van der Waals surface area contributed by atoms with E-state index in [2.05, 4.69) is 20.8 Å². The second kappa shape index (κ2) is 13.3. The minimum Gasteiger partial charge on any atom is -0.475 e. The van der Waals surface area contributed by atoms with Crippen molar-refractivity contribution in [2.24, 2.45) is 5.92 Å². The highest BCUT2D eigenvalue weighted by Gasteiger charge is 2.42. The molecule has 2 aromatic heterocycles. The maximum absolute atomic E-state index is 13.4. The summed E-state index contributed by atoms with van der Waals surface area (Å²) in [5.74, 6) is -2.44. The first-order valence-corrected chi connectivity index (χ1v) is 13.5. The molecule has 0 amide bonds. The van der Waals surface area contributed by atoms with Gasteiger partial charge in [-0.25, -0.2) is 9.78 Å². The number of fused-ring (bicyclic) bond motifs is 1. The van der Waals surface area contributed by atoms with E-state index in [0.717, 1.165) is 55.5 Å². The van der Waals surface area contributed by atoms with Crippen molar-refractivity contribution in [3.63, 3.8) is 0 Å². The van der Waals surface area contributed by atoms with Crippen molar-refractivity contribution in [2.45, 2.75) is 70.3 Å². The van der Waals surface area contributed by atoms with Crippen LogP contribution in [0, 0.1) is 5.92 Å². The van der Waals surface area contributed by atoms with Crippen LogP contribution in [0.5, 0.6) is 0 Å². The van der Waals surface area contributed by atoms with Crippen LogP contribution in [0.25, 0.3) is 5.69 Å². The number of aromatic nitrogens is 6. The molecular formula is C26H30F6N8O2. The number of carboxylic acids is 1. The SMILES string of the molecule is FC(F)(F)[C@@H]1CCCN(c2nc3c(c(NCc4nnnn4-c4ccccc4)n2)CCCCCC3)C1.O=C(O)C(F)(F)F. The minimum atomic E-state index is -5.08. The normalized spacial score (nSPS) is 17.8. The molecule has 3 heterocycles. The number of aliphatic carboxylic acids is 1. The van der Waals surface area contributed by atoms with Gasteiger partial charge in [0.15, 0.2) is 5.82 Å². The molecule has 3 aromatic rings. The first-order chi connectivity index (χ1) is 19.9. The quantitative estimate of drug-likeness (QED) is 0.384. The van der Waals surface area contributed by atoms with Gasteiger partial charge in [-0.1, -0.05) is 31.0 Å². The van der Waals surface area contributed by atoms with Crippen LogP contribution in [0.4, 0.5) is 38.1 Å². The number of nitrogens with zero attached hydrogens (tertiary/aromatic N) is 7. The fourth-order valence-electron chi connectivity index (χ4n) is 4.90. The number of rotatable bonds is 5. The molecule has 1 atom stereocenters. The van der Waals surface area contributed by atoms with Crippen molar-refractivity contribution in [2.75, 3.05) is 23.3 Å². The highest BCUT2D eigenvalue weighted by atomic mass is 19.4. The molecule has 1 saturated heterocycles. The number of halogens is 6. The molecule has 2 aliphatic rings. The molecule has 1 aromatic carbocycles. The van der Waals surface area contributed by atoms with Gasteiger partial charge in [-0.2, -0.15) is 36.0 Å². The summed E-state index contributed by atoms with van der Waals surface area (Å²) in [6, 6.07) is 9.61. The number of carboxylic acid groups (broad SMARTS) is 1. The van der Waals surface area contributed by atoms with Crippen LogP contribution in [-0.4, -0.2) is 66.7 Å². The van der Waals surface area contributed by atoms with Gasteiger partial charge in [0.1, 0.15) is 5.82 Å². The largest absolute Gasteiger partial charge is 0.490 e. The summed E-state index contributed by atoms with van der Waals surface area (Å²) in [6.07, 6.45) is -2.70. The molecule has 1 aliphatic carbocycles. The highest BCUT2D eigenvalue weighted by Crippen LogP contribution is 2.35.